The molecular weight excluding hydrogens is 728 g/mol. The fourth-order valence-electron chi connectivity index (χ4n) is 6.06. The van der Waals surface area contributed by atoms with Gasteiger partial charge < -0.3 is 37.6 Å². The highest BCUT2D eigenvalue weighted by molar-refractivity contribution is 6.06. The average Bonchev–Trinajstić information content (AvgIpc) is 3.46. The van der Waals surface area contributed by atoms with Gasteiger partial charge in [0.15, 0.2) is 5.96 Å². The molecule has 1 aromatic rings. The molecule has 2 aliphatic rings. The zero-order valence-electron chi connectivity index (χ0n) is 30.5. The number of piperidine rings is 1. The number of amides is 7. The molecule has 20 heteroatoms. The van der Waals surface area contributed by atoms with E-state index in [1.54, 1.807) is 18.7 Å². The summed E-state index contributed by atoms with van der Waals surface area (Å²) in [7, 11) is 0. The van der Waals surface area contributed by atoms with Crippen molar-refractivity contribution < 1.29 is 38.5 Å². The van der Waals surface area contributed by atoms with Crippen LogP contribution in [0.4, 0.5) is 11.4 Å². The number of carbonyl (C=O) groups excluding carboxylic acids is 7. The molecule has 0 bridgehead atoms. The number of aliphatic imine (C=N–C) groups is 1. The molecule has 19 nitrogen and oxygen atoms in total. The van der Waals surface area contributed by atoms with E-state index < -0.39 is 71.0 Å². The lowest BCUT2D eigenvalue weighted by Crippen LogP contribution is -2.57. The summed E-state index contributed by atoms with van der Waals surface area (Å²) in [5.74, 6) is -4.69. The maximum Gasteiger partial charge on any atom is 0.269 e. The van der Waals surface area contributed by atoms with Crippen LogP contribution in [0, 0.1) is 16.0 Å². The Bertz CT molecular complexity index is 1530. The first-order valence-electron chi connectivity index (χ1n) is 17.8. The van der Waals surface area contributed by atoms with Crippen molar-refractivity contribution in [2.24, 2.45) is 22.4 Å². The first-order chi connectivity index (χ1) is 25.2. The van der Waals surface area contributed by atoms with E-state index in [-0.39, 0.29) is 80.7 Å². The lowest BCUT2D eigenvalue weighted by atomic mass is 9.96. The molecular formula is C34H51ClN10O9. The third kappa shape index (κ3) is 13.6. The maximum atomic E-state index is 13.7. The van der Waals surface area contributed by atoms with E-state index in [4.69, 9.17) is 11.5 Å². The van der Waals surface area contributed by atoms with Crippen molar-refractivity contribution in [3.63, 3.8) is 0 Å². The van der Waals surface area contributed by atoms with Crippen molar-refractivity contribution in [3.05, 3.63) is 34.4 Å². The number of nitrogens with one attached hydrogen (secondary N) is 4. The lowest BCUT2D eigenvalue weighted by Gasteiger charge is -2.31. The normalized spacial score (nSPS) is 16.2. The largest absolute Gasteiger partial charge is 0.370 e. The molecule has 2 aliphatic heterocycles. The van der Waals surface area contributed by atoms with Gasteiger partial charge in [-0.3, -0.25) is 53.6 Å². The number of nitrogens with zero attached hydrogens (tertiary/aromatic N) is 4. The summed E-state index contributed by atoms with van der Waals surface area (Å²) in [6, 6.07) is 1.48. The number of nitrogens with two attached hydrogens (primary N) is 2. The number of nitro benzene ring substituents is 1. The van der Waals surface area contributed by atoms with Gasteiger partial charge in [-0.1, -0.05) is 20.3 Å². The van der Waals surface area contributed by atoms with Crippen LogP contribution in [0.3, 0.4) is 0 Å². The smallest absolute Gasteiger partial charge is 0.269 e. The number of likely N-dealkylation sites (tertiary alicyclic amines) is 2. The number of non-ortho nitro benzene ring substituents is 1. The van der Waals surface area contributed by atoms with Crippen molar-refractivity contribution in [1.29, 1.82) is 0 Å². The van der Waals surface area contributed by atoms with Crippen LogP contribution in [-0.4, -0.2) is 106 Å². The van der Waals surface area contributed by atoms with Crippen LogP contribution in [0.25, 0.3) is 0 Å². The van der Waals surface area contributed by atoms with Gasteiger partial charge in [0, 0.05) is 56.7 Å². The minimum absolute atomic E-state index is 0. The summed E-state index contributed by atoms with van der Waals surface area (Å²) in [4.78, 5) is 109. The second-order valence-corrected chi connectivity index (χ2v) is 13.1. The number of hydrogen-bond acceptors (Lipinski definition) is 10. The highest BCUT2D eigenvalue weighted by Crippen LogP contribution is 2.23. The minimum atomic E-state index is -1.30. The van der Waals surface area contributed by atoms with E-state index in [1.165, 1.54) is 24.3 Å². The van der Waals surface area contributed by atoms with Crippen molar-refractivity contribution in [2.45, 2.75) is 96.2 Å². The first-order valence-corrected chi connectivity index (χ1v) is 17.8. The Labute approximate surface area is 319 Å². The molecule has 1 aromatic carbocycles. The number of nitro groups is 1. The number of anilines is 1. The van der Waals surface area contributed by atoms with Gasteiger partial charge in [0.25, 0.3) is 5.69 Å². The first kappa shape index (κ1) is 44.8. The van der Waals surface area contributed by atoms with Gasteiger partial charge in [-0.25, -0.2) is 0 Å². The van der Waals surface area contributed by atoms with Gasteiger partial charge >= 0.3 is 0 Å². The van der Waals surface area contributed by atoms with Gasteiger partial charge in [-0.15, -0.1) is 12.4 Å². The van der Waals surface area contributed by atoms with Crippen LogP contribution in [0.2, 0.25) is 0 Å². The number of halogens is 1. The fourth-order valence-corrected chi connectivity index (χ4v) is 6.06. The van der Waals surface area contributed by atoms with Crippen molar-refractivity contribution in [2.75, 3.05) is 31.5 Å². The minimum Gasteiger partial charge on any atom is -0.370 e. The quantitative estimate of drug-likeness (QED) is 0.0280. The van der Waals surface area contributed by atoms with E-state index in [1.807, 2.05) is 0 Å². The van der Waals surface area contributed by atoms with Crippen LogP contribution >= 0.6 is 12.4 Å². The predicted octanol–water partition coefficient (Wildman–Crippen LogP) is 0.451. The molecule has 2 saturated heterocycles. The molecule has 0 aliphatic carbocycles. The second-order valence-electron chi connectivity index (χ2n) is 13.1. The van der Waals surface area contributed by atoms with Gasteiger partial charge in [0.1, 0.15) is 18.1 Å². The summed E-state index contributed by atoms with van der Waals surface area (Å²) in [5, 5.41) is 21.2. The number of imide groups is 1. The summed E-state index contributed by atoms with van der Waals surface area (Å²) in [6.07, 6.45) is 3.29. The fraction of sp³-hybridized carbons (Fsp3) is 0.588. The predicted molar refractivity (Wildman–Crippen MR) is 200 cm³/mol. The Morgan fingerprint density at radius 3 is 2.09 bits per heavy atom. The summed E-state index contributed by atoms with van der Waals surface area (Å²) >= 11 is 0. The molecule has 54 heavy (non-hydrogen) atoms. The van der Waals surface area contributed by atoms with Crippen LogP contribution in [0.5, 0.6) is 0 Å². The van der Waals surface area contributed by atoms with Crippen LogP contribution < -0.4 is 32.7 Å². The Balaban J connectivity index is 0.0000101. The number of benzene rings is 1. The molecule has 3 rings (SSSR count). The molecule has 298 valence electrons. The molecule has 0 saturated carbocycles. The summed E-state index contributed by atoms with van der Waals surface area (Å²) in [5.41, 5.74) is 10.8. The molecule has 0 spiro atoms. The molecule has 0 aromatic heterocycles. The maximum absolute atomic E-state index is 13.7. The number of rotatable bonds is 19. The average molecular weight is 779 g/mol. The Morgan fingerprint density at radius 2 is 1.52 bits per heavy atom. The van der Waals surface area contributed by atoms with Crippen molar-refractivity contribution in [3.8, 4) is 0 Å². The molecule has 2 heterocycles. The Kier molecular flexibility index (Phi) is 18.3. The standard InChI is InChI=1S/C34H50N10O9.ClH/c1-3-21(2)30(43-28(47)15-16-29(43)48)33(51)41-25(13-14-27(46)42-18-5-4-6-19-42)31(49)38-20-26(45)40-24(8-7-17-37-34(35)36)32(50)39-22-9-11-23(12-10-22)44(52)53;/h9-12,21,24-25,30H,3-8,13-20H2,1-2H3,(H,38,49)(H,39,50)(H,40,45)(H,41,51)(H4,35,36,37);1H/t21-,24-,25-,30-;/m0./s1. The van der Waals surface area contributed by atoms with E-state index in [2.05, 4.69) is 26.3 Å². The number of hydrogen-bond donors (Lipinski definition) is 6. The summed E-state index contributed by atoms with van der Waals surface area (Å²) < 4.78 is 0. The SMILES string of the molecule is CC[C@H](C)[C@@H](C(=O)N[C@@H](CCC(=O)N1CCCCC1)C(=O)NCC(=O)N[C@@H](CCCN=C(N)N)C(=O)Nc1ccc([N+](=O)[O-])cc1)N1C(=O)CCC1=O.Cl. The highest BCUT2D eigenvalue weighted by atomic mass is 35.5. The van der Waals surface area contributed by atoms with E-state index in [0.717, 1.165) is 24.2 Å². The van der Waals surface area contributed by atoms with Crippen molar-refractivity contribution >= 4 is 71.1 Å². The lowest BCUT2D eigenvalue weighted by molar-refractivity contribution is -0.384. The molecule has 0 radical (unpaired) electrons. The van der Waals surface area contributed by atoms with Gasteiger partial charge in [-0.05, 0) is 56.6 Å². The molecule has 0 unspecified atom stereocenters. The molecule has 4 atom stereocenters. The van der Waals surface area contributed by atoms with E-state index >= 15 is 0 Å². The Morgan fingerprint density at radius 1 is 0.907 bits per heavy atom. The zero-order chi connectivity index (χ0) is 39.1. The molecule has 8 N–H and O–H groups in total. The van der Waals surface area contributed by atoms with Gasteiger partial charge in [0.2, 0.25) is 41.4 Å². The van der Waals surface area contributed by atoms with Gasteiger partial charge in [0.05, 0.1) is 11.5 Å². The number of carbonyl (C=O) groups is 7. The van der Waals surface area contributed by atoms with E-state index in [9.17, 15) is 43.7 Å². The van der Waals surface area contributed by atoms with Crippen LogP contribution in [-0.2, 0) is 33.6 Å². The third-order valence-corrected chi connectivity index (χ3v) is 9.17. The highest BCUT2D eigenvalue weighted by Gasteiger charge is 2.42. The Hall–Kier alpha value is -5.33. The van der Waals surface area contributed by atoms with Gasteiger partial charge in [-0.2, -0.15) is 0 Å². The number of guanidine groups is 1. The third-order valence-electron chi connectivity index (χ3n) is 9.17. The molecule has 2 fully saturated rings. The monoisotopic (exact) mass is 778 g/mol. The zero-order valence-corrected chi connectivity index (χ0v) is 31.4. The second kappa shape index (κ2) is 22.0. The summed E-state index contributed by atoms with van der Waals surface area (Å²) in [6.45, 7) is 4.23. The van der Waals surface area contributed by atoms with Crippen LogP contribution in [0.1, 0.15) is 78.1 Å². The van der Waals surface area contributed by atoms with E-state index in [0.29, 0.717) is 19.5 Å². The topological polar surface area (TPSA) is 282 Å². The van der Waals surface area contributed by atoms with Crippen LogP contribution in [0.15, 0.2) is 29.3 Å². The van der Waals surface area contributed by atoms with Crippen molar-refractivity contribution in [1.82, 2.24) is 25.8 Å². The molecule has 7 amide bonds.